The first kappa shape index (κ1) is 25.9. The molecule has 3 aromatic rings. The smallest absolute Gasteiger partial charge is 0.337 e. The fourth-order valence-electron chi connectivity index (χ4n) is 3.96. The Morgan fingerprint density at radius 2 is 1.78 bits per heavy atom. The van der Waals surface area contributed by atoms with Crippen LogP contribution in [0.25, 0.3) is 0 Å². The van der Waals surface area contributed by atoms with Crippen molar-refractivity contribution in [2.75, 3.05) is 43.1 Å². The first-order chi connectivity index (χ1) is 17.4. The van der Waals surface area contributed by atoms with Crippen molar-refractivity contribution in [2.45, 2.75) is 20.1 Å². The number of carbonyl (C=O) groups is 1. The van der Waals surface area contributed by atoms with Gasteiger partial charge in [0.1, 0.15) is 6.61 Å². The number of carboxylic acids is 1. The van der Waals surface area contributed by atoms with Gasteiger partial charge in [0.2, 0.25) is 0 Å². The Labute approximate surface area is 220 Å². The van der Waals surface area contributed by atoms with Crippen molar-refractivity contribution in [3.05, 3.63) is 81.3 Å². The Bertz CT molecular complexity index is 1200. The molecular weight excluding hydrogens is 503 g/mol. The van der Waals surface area contributed by atoms with Gasteiger partial charge in [-0.25, -0.2) is 4.79 Å². The van der Waals surface area contributed by atoms with Crippen molar-refractivity contribution >= 4 is 40.5 Å². The maximum atomic E-state index is 11.9. The van der Waals surface area contributed by atoms with E-state index in [9.17, 15) is 9.90 Å². The third kappa shape index (κ3) is 6.55. The molecule has 190 valence electrons. The number of anilines is 2. The van der Waals surface area contributed by atoms with Crippen LogP contribution in [0.1, 0.15) is 28.4 Å². The van der Waals surface area contributed by atoms with E-state index >= 15 is 0 Å². The maximum Gasteiger partial charge on any atom is 0.337 e. The molecule has 0 saturated carbocycles. The Morgan fingerprint density at radius 1 is 1.03 bits per heavy atom. The largest absolute Gasteiger partial charge is 0.490 e. The van der Waals surface area contributed by atoms with Gasteiger partial charge < -0.3 is 29.5 Å². The molecule has 1 heterocycles. The summed E-state index contributed by atoms with van der Waals surface area (Å²) in [7, 11) is 0. The van der Waals surface area contributed by atoms with Gasteiger partial charge in [0.15, 0.2) is 11.5 Å². The van der Waals surface area contributed by atoms with Crippen LogP contribution in [0.5, 0.6) is 11.5 Å². The fourth-order valence-corrected chi connectivity index (χ4v) is 4.38. The molecule has 0 radical (unpaired) electrons. The SMILES string of the molecule is CCOc1cc(CNc2ccc(N3CCOCC3)c(C(=O)O)c2)cc(Cl)c1OCc1ccc(Cl)cc1. The van der Waals surface area contributed by atoms with Gasteiger partial charge in [-0.3, -0.25) is 0 Å². The molecule has 1 aliphatic rings. The van der Waals surface area contributed by atoms with Gasteiger partial charge in [-0.2, -0.15) is 0 Å². The minimum Gasteiger partial charge on any atom is -0.490 e. The van der Waals surface area contributed by atoms with Crippen molar-refractivity contribution in [1.29, 1.82) is 0 Å². The van der Waals surface area contributed by atoms with E-state index < -0.39 is 5.97 Å². The van der Waals surface area contributed by atoms with Crippen LogP contribution in [0.2, 0.25) is 10.0 Å². The van der Waals surface area contributed by atoms with E-state index in [1.54, 1.807) is 6.07 Å². The van der Waals surface area contributed by atoms with Gasteiger partial charge >= 0.3 is 5.97 Å². The molecule has 4 rings (SSSR count). The van der Waals surface area contributed by atoms with Crippen molar-refractivity contribution in [2.24, 2.45) is 0 Å². The second-order valence-electron chi connectivity index (χ2n) is 8.24. The summed E-state index contributed by atoms with van der Waals surface area (Å²) in [5.74, 6) is 0.0499. The van der Waals surface area contributed by atoms with Crippen LogP contribution < -0.4 is 19.7 Å². The summed E-state index contributed by atoms with van der Waals surface area (Å²) >= 11 is 12.5. The summed E-state index contributed by atoms with van der Waals surface area (Å²) in [6.45, 7) is 5.59. The third-order valence-electron chi connectivity index (χ3n) is 5.74. The number of nitrogens with one attached hydrogen (secondary N) is 1. The molecule has 0 unspecified atom stereocenters. The number of ether oxygens (including phenoxy) is 3. The van der Waals surface area contributed by atoms with Crippen LogP contribution in [0.15, 0.2) is 54.6 Å². The van der Waals surface area contributed by atoms with Crippen molar-refractivity contribution in [3.63, 3.8) is 0 Å². The molecule has 7 nitrogen and oxygen atoms in total. The molecule has 0 atom stereocenters. The maximum absolute atomic E-state index is 11.9. The molecule has 2 N–H and O–H groups in total. The van der Waals surface area contributed by atoms with E-state index in [1.807, 2.05) is 60.4 Å². The normalized spacial score (nSPS) is 13.4. The van der Waals surface area contributed by atoms with E-state index in [-0.39, 0.29) is 5.56 Å². The standard InChI is InChI=1S/C27H28Cl2N2O5/c1-2-35-25-14-19(13-23(29)26(25)36-17-18-3-5-20(28)6-4-18)16-30-21-7-8-24(22(15-21)27(32)33)31-9-11-34-12-10-31/h3-8,13-15,30H,2,9-12,16-17H2,1H3,(H,32,33). The predicted octanol–water partition coefficient (Wildman–Crippen LogP) is 6.12. The number of carboxylic acid groups (broad SMARTS) is 1. The lowest BCUT2D eigenvalue weighted by Crippen LogP contribution is -2.37. The monoisotopic (exact) mass is 530 g/mol. The van der Waals surface area contributed by atoms with Crippen LogP contribution in [0.3, 0.4) is 0 Å². The third-order valence-corrected chi connectivity index (χ3v) is 6.27. The number of benzene rings is 3. The lowest BCUT2D eigenvalue weighted by Gasteiger charge is -2.30. The molecule has 1 fully saturated rings. The minimum atomic E-state index is -0.969. The number of hydrogen-bond donors (Lipinski definition) is 2. The Kier molecular flexibility index (Phi) is 8.80. The molecular formula is C27H28Cl2N2O5. The topological polar surface area (TPSA) is 80.3 Å². The van der Waals surface area contributed by atoms with Gasteiger partial charge in [-0.15, -0.1) is 0 Å². The highest BCUT2D eigenvalue weighted by atomic mass is 35.5. The van der Waals surface area contributed by atoms with E-state index in [0.29, 0.717) is 79.0 Å². The average molecular weight is 531 g/mol. The molecule has 0 bridgehead atoms. The van der Waals surface area contributed by atoms with Gasteiger partial charge in [0.05, 0.1) is 36.1 Å². The average Bonchev–Trinajstić information content (AvgIpc) is 2.88. The predicted molar refractivity (Wildman–Crippen MR) is 142 cm³/mol. The van der Waals surface area contributed by atoms with Gasteiger partial charge in [-0.05, 0) is 60.5 Å². The Hall–Kier alpha value is -3.13. The zero-order valence-corrected chi connectivity index (χ0v) is 21.4. The molecule has 0 spiro atoms. The number of morpholine rings is 1. The molecule has 36 heavy (non-hydrogen) atoms. The zero-order valence-electron chi connectivity index (χ0n) is 19.9. The van der Waals surface area contributed by atoms with E-state index in [0.717, 1.165) is 11.1 Å². The van der Waals surface area contributed by atoms with Crippen LogP contribution in [0.4, 0.5) is 11.4 Å². The second kappa shape index (κ2) is 12.2. The zero-order chi connectivity index (χ0) is 25.5. The molecule has 0 aromatic heterocycles. The lowest BCUT2D eigenvalue weighted by atomic mass is 10.1. The minimum absolute atomic E-state index is 0.251. The number of rotatable bonds is 10. The highest BCUT2D eigenvalue weighted by molar-refractivity contribution is 6.32. The molecule has 9 heteroatoms. The first-order valence-corrected chi connectivity index (χ1v) is 12.5. The van der Waals surface area contributed by atoms with Gasteiger partial charge in [0, 0.05) is 30.3 Å². The Morgan fingerprint density at radius 3 is 2.47 bits per heavy atom. The molecule has 0 aliphatic carbocycles. The summed E-state index contributed by atoms with van der Waals surface area (Å²) in [5.41, 5.74) is 3.47. The van der Waals surface area contributed by atoms with E-state index in [1.165, 1.54) is 0 Å². The fraction of sp³-hybridized carbons (Fsp3) is 0.296. The molecule has 0 amide bonds. The quantitative estimate of drug-likeness (QED) is 0.326. The second-order valence-corrected chi connectivity index (χ2v) is 9.09. The number of hydrogen-bond acceptors (Lipinski definition) is 6. The van der Waals surface area contributed by atoms with Crippen LogP contribution >= 0.6 is 23.2 Å². The Balaban J connectivity index is 1.48. The number of aromatic carboxylic acids is 1. The van der Waals surface area contributed by atoms with Crippen LogP contribution in [-0.2, 0) is 17.9 Å². The van der Waals surface area contributed by atoms with E-state index in [4.69, 9.17) is 37.4 Å². The summed E-state index contributed by atoms with van der Waals surface area (Å²) < 4.78 is 17.2. The highest BCUT2D eigenvalue weighted by Gasteiger charge is 2.19. The van der Waals surface area contributed by atoms with Crippen molar-refractivity contribution < 1.29 is 24.1 Å². The number of halogens is 2. The van der Waals surface area contributed by atoms with E-state index in [2.05, 4.69) is 5.32 Å². The summed E-state index contributed by atoms with van der Waals surface area (Å²) in [6, 6.07) is 16.5. The molecule has 3 aromatic carbocycles. The number of nitrogens with zero attached hydrogens (tertiary/aromatic N) is 1. The van der Waals surface area contributed by atoms with Crippen LogP contribution in [-0.4, -0.2) is 44.0 Å². The lowest BCUT2D eigenvalue weighted by molar-refractivity contribution is 0.0696. The molecule has 1 aliphatic heterocycles. The summed E-state index contributed by atoms with van der Waals surface area (Å²) in [5, 5.41) is 14.2. The highest BCUT2D eigenvalue weighted by Crippen LogP contribution is 2.37. The van der Waals surface area contributed by atoms with Gasteiger partial charge in [-0.1, -0.05) is 35.3 Å². The summed E-state index contributed by atoms with van der Waals surface area (Å²) in [6.07, 6.45) is 0. The van der Waals surface area contributed by atoms with Crippen molar-refractivity contribution in [1.82, 2.24) is 0 Å². The molecule has 1 saturated heterocycles. The summed E-state index contributed by atoms with van der Waals surface area (Å²) in [4.78, 5) is 14.0. The van der Waals surface area contributed by atoms with Gasteiger partial charge in [0.25, 0.3) is 0 Å². The van der Waals surface area contributed by atoms with Crippen LogP contribution in [0, 0.1) is 0 Å². The van der Waals surface area contributed by atoms with Crippen molar-refractivity contribution in [3.8, 4) is 11.5 Å². The first-order valence-electron chi connectivity index (χ1n) is 11.7.